The van der Waals surface area contributed by atoms with E-state index in [4.69, 9.17) is 4.74 Å². The van der Waals surface area contributed by atoms with E-state index < -0.39 is 0 Å². The fourth-order valence-electron chi connectivity index (χ4n) is 0.833. The zero-order valence-corrected chi connectivity index (χ0v) is 9.51. The van der Waals surface area contributed by atoms with Gasteiger partial charge in [0.25, 0.3) is 0 Å². The third-order valence-corrected chi connectivity index (χ3v) is 2.39. The molecule has 0 bridgehead atoms. The monoisotopic (exact) mass is 237 g/mol. The zero-order chi connectivity index (χ0) is 9.56. The van der Waals surface area contributed by atoms with Crippen molar-refractivity contribution < 1.29 is 9.53 Å². The second kappa shape index (κ2) is 6.21. The summed E-state index contributed by atoms with van der Waals surface area (Å²) in [6.07, 6.45) is 0. The van der Waals surface area contributed by atoms with Gasteiger partial charge in [-0.15, -0.1) is 0 Å². The third-order valence-electron chi connectivity index (χ3n) is 1.50. The molecule has 0 amide bonds. The Morgan fingerprint density at radius 1 is 1.33 bits per heavy atom. The molecule has 70 valence electrons. The van der Waals surface area contributed by atoms with Crippen LogP contribution in [0.2, 0.25) is 0 Å². The first-order valence-electron chi connectivity index (χ1n) is 4.13. The molecule has 0 saturated carbocycles. The number of nitrogens with zero attached hydrogens (tertiary/aromatic N) is 1. The molecule has 3 nitrogen and oxygen atoms in total. The van der Waals surface area contributed by atoms with Crippen molar-refractivity contribution in [1.29, 1.82) is 0 Å². The number of rotatable bonds is 5. The van der Waals surface area contributed by atoms with E-state index in [2.05, 4.69) is 15.6 Å². The van der Waals surface area contributed by atoms with Crippen LogP contribution in [-0.4, -0.2) is 50.7 Å². The van der Waals surface area contributed by atoms with Crippen molar-refractivity contribution in [3.63, 3.8) is 0 Å². The van der Waals surface area contributed by atoms with Crippen molar-refractivity contribution in [2.75, 3.05) is 19.7 Å². The Labute approximate surface area is 81.4 Å². The molecule has 0 spiro atoms. The molecule has 0 heterocycles. The van der Waals surface area contributed by atoms with Gasteiger partial charge in [0, 0.05) is 0 Å². The van der Waals surface area contributed by atoms with E-state index in [0.29, 0.717) is 11.1 Å². The van der Waals surface area contributed by atoms with Crippen molar-refractivity contribution >= 4 is 26.1 Å². The minimum atomic E-state index is -0.263. The van der Waals surface area contributed by atoms with Crippen molar-refractivity contribution in [3.8, 4) is 0 Å². The van der Waals surface area contributed by atoms with Crippen LogP contribution >= 0.6 is 0 Å². The standard InChI is InChI=1S/C8H15NO2Se/c1-4-9(5-2)7(12)8(10)11-6-3/h4-6H2,1-3H3. The summed E-state index contributed by atoms with van der Waals surface area (Å²) >= 11 is 2.73. The molecule has 0 unspecified atom stereocenters. The fourth-order valence-corrected chi connectivity index (χ4v) is 1.50. The number of likely N-dealkylation sites (N-methyl/N-ethyl adjacent to an activating group) is 1. The Kier molecular flexibility index (Phi) is 6.03. The maximum absolute atomic E-state index is 11.2. The molecule has 0 aromatic rings. The molecule has 0 N–H and O–H groups in total. The van der Waals surface area contributed by atoms with Crippen LogP contribution in [0.25, 0.3) is 0 Å². The normalized spacial score (nSPS) is 9.25. The molecule has 0 aliphatic carbocycles. The van der Waals surface area contributed by atoms with Gasteiger partial charge in [0.15, 0.2) is 0 Å². The van der Waals surface area contributed by atoms with E-state index in [1.54, 1.807) is 6.92 Å². The molecule has 0 aromatic heterocycles. The predicted molar refractivity (Wildman–Crippen MR) is 50.3 cm³/mol. The average molecular weight is 236 g/mol. The summed E-state index contributed by atoms with van der Waals surface area (Å²) < 4.78 is 5.41. The van der Waals surface area contributed by atoms with Gasteiger partial charge in [-0.2, -0.15) is 0 Å². The molecule has 0 aromatic carbocycles. The van der Waals surface area contributed by atoms with Crippen LogP contribution < -0.4 is 0 Å². The Balaban J connectivity index is 4.07. The van der Waals surface area contributed by atoms with E-state index in [0.717, 1.165) is 13.1 Å². The number of hydrogen-bond acceptors (Lipinski definition) is 3. The number of ether oxygens (including phenoxy) is 1. The molecular formula is C8H15NO2Se. The van der Waals surface area contributed by atoms with E-state index >= 15 is 0 Å². The van der Waals surface area contributed by atoms with Gasteiger partial charge in [-0.1, -0.05) is 0 Å². The summed E-state index contributed by atoms with van der Waals surface area (Å²) in [5, 5.41) is 0. The van der Waals surface area contributed by atoms with Gasteiger partial charge in [-0.05, 0) is 0 Å². The van der Waals surface area contributed by atoms with Gasteiger partial charge in [0.2, 0.25) is 0 Å². The van der Waals surface area contributed by atoms with E-state index in [1.165, 1.54) is 0 Å². The molecule has 12 heavy (non-hydrogen) atoms. The first-order chi connectivity index (χ1) is 5.67. The van der Waals surface area contributed by atoms with Gasteiger partial charge in [0.1, 0.15) is 0 Å². The van der Waals surface area contributed by atoms with E-state index in [-0.39, 0.29) is 5.97 Å². The predicted octanol–water partition coefficient (Wildman–Crippen LogP) is 0.190. The van der Waals surface area contributed by atoms with Gasteiger partial charge in [-0.3, -0.25) is 0 Å². The molecule has 0 radical (unpaired) electrons. The molecular weight excluding hydrogens is 221 g/mol. The van der Waals surface area contributed by atoms with Crippen molar-refractivity contribution in [2.24, 2.45) is 0 Å². The quantitative estimate of drug-likeness (QED) is 0.504. The van der Waals surface area contributed by atoms with Crippen LogP contribution in [0, 0.1) is 0 Å². The summed E-state index contributed by atoms with van der Waals surface area (Å²) in [7, 11) is 0. The summed E-state index contributed by atoms with van der Waals surface area (Å²) in [5.41, 5.74) is 0. The molecule has 0 aliphatic rings. The van der Waals surface area contributed by atoms with Crippen molar-refractivity contribution in [2.45, 2.75) is 20.8 Å². The van der Waals surface area contributed by atoms with Gasteiger partial charge in [0.05, 0.1) is 0 Å². The molecule has 0 rings (SSSR count). The summed E-state index contributed by atoms with van der Waals surface area (Å²) in [6, 6.07) is 0. The van der Waals surface area contributed by atoms with Crippen LogP contribution in [0.1, 0.15) is 20.8 Å². The van der Waals surface area contributed by atoms with Crippen molar-refractivity contribution in [1.82, 2.24) is 4.90 Å². The Morgan fingerprint density at radius 2 is 1.83 bits per heavy atom. The van der Waals surface area contributed by atoms with Gasteiger partial charge in [-0.25, -0.2) is 0 Å². The summed E-state index contributed by atoms with van der Waals surface area (Å²) in [6.45, 7) is 7.86. The molecule has 4 heteroatoms. The Bertz CT molecular complexity index is 166. The average Bonchev–Trinajstić information content (AvgIpc) is 2.07. The third kappa shape index (κ3) is 3.37. The summed E-state index contributed by atoms with van der Waals surface area (Å²) in [4.78, 5) is 13.1. The van der Waals surface area contributed by atoms with Gasteiger partial charge >= 0.3 is 81.0 Å². The van der Waals surface area contributed by atoms with Crippen LogP contribution in [0.4, 0.5) is 0 Å². The second-order valence-electron chi connectivity index (χ2n) is 2.20. The maximum atomic E-state index is 11.2. The van der Waals surface area contributed by atoms with E-state index in [9.17, 15) is 4.79 Å². The van der Waals surface area contributed by atoms with E-state index in [1.807, 2.05) is 18.7 Å². The zero-order valence-electron chi connectivity index (χ0n) is 7.79. The fraction of sp³-hybridized carbons (Fsp3) is 0.750. The molecule has 0 saturated heterocycles. The number of carbonyl (C=O) groups is 1. The SMILES string of the molecule is CCOC(=O)C(=[Se])N(CC)CC. The minimum absolute atomic E-state index is 0.263. The van der Waals surface area contributed by atoms with Crippen molar-refractivity contribution in [3.05, 3.63) is 0 Å². The van der Waals surface area contributed by atoms with Gasteiger partial charge < -0.3 is 0 Å². The second-order valence-corrected chi connectivity index (χ2v) is 3.01. The Morgan fingerprint density at radius 3 is 2.17 bits per heavy atom. The summed E-state index contributed by atoms with van der Waals surface area (Å²) in [5.74, 6) is -0.263. The Hall–Kier alpha value is -0.341. The first kappa shape index (κ1) is 11.7. The van der Waals surface area contributed by atoms with Crippen LogP contribution in [0.3, 0.4) is 0 Å². The molecule has 0 atom stereocenters. The van der Waals surface area contributed by atoms with Crippen LogP contribution in [0.15, 0.2) is 0 Å². The van der Waals surface area contributed by atoms with Crippen LogP contribution in [0.5, 0.6) is 0 Å². The number of esters is 1. The number of hydrogen-bond donors (Lipinski definition) is 0. The van der Waals surface area contributed by atoms with Crippen LogP contribution in [-0.2, 0) is 9.53 Å². The molecule has 0 aliphatic heterocycles. The topological polar surface area (TPSA) is 29.5 Å². The molecule has 0 fully saturated rings. The number of carbonyl (C=O) groups excluding carboxylic acids is 1. The first-order valence-corrected chi connectivity index (χ1v) is 4.98.